The van der Waals surface area contributed by atoms with E-state index in [0.717, 1.165) is 27.8 Å². The lowest BCUT2D eigenvalue weighted by Crippen LogP contribution is -1.93. The first kappa shape index (κ1) is 23.2. The Hall–Kier alpha value is -4.75. The lowest BCUT2D eigenvalue weighted by atomic mass is 9.87. The number of nitrogens with zero attached hydrogens (tertiary/aromatic N) is 1. The summed E-state index contributed by atoms with van der Waals surface area (Å²) in [4.78, 5) is 0. The average Bonchev–Trinajstić information content (AvgIpc) is 3.58. The third-order valence-electron chi connectivity index (χ3n) is 7.74. The van der Waals surface area contributed by atoms with Crippen LogP contribution in [0.4, 0.5) is 0 Å². The van der Waals surface area contributed by atoms with E-state index in [0.29, 0.717) is 5.56 Å². The second kappa shape index (κ2) is 9.17. The molecule has 0 aliphatic rings. The van der Waals surface area contributed by atoms with E-state index >= 15 is 0 Å². The summed E-state index contributed by atoms with van der Waals surface area (Å²) in [6, 6.07) is 47.7. The molecule has 0 amide bonds. The van der Waals surface area contributed by atoms with Gasteiger partial charge in [-0.2, -0.15) is 5.26 Å². The van der Waals surface area contributed by atoms with Gasteiger partial charge in [0.1, 0.15) is 6.07 Å². The van der Waals surface area contributed by atoms with E-state index in [-0.39, 0.29) is 0 Å². The number of rotatable bonds is 3. The molecule has 0 aliphatic carbocycles. The molecule has 1 nitrogen and oxygen atoms in total. The Bertz CT molecular complexity index is 2280. The van der Waals surface area contributed by atoms with E-state index in [1.165, 1.54) is 45.9 Å². The molecule has 6 aromatic carbocycles. The second-order valence-electron chi connectivity index (χ2n) is 10.0. The van der Waals surface area contributed by atoms with Crippen molar-refractivity contribution < 1.29 is 0 Å². The first-order valence-corrected chi connectivity index (χ1v) is 14.9. The molecule has 186 valence electrons. The Balaban J connectivity index is 1.44. The van der Waals surface area contributed by atoms with Gasteiger partial charge < -0.3 is 0 Å². The van der Waals surface area contributed by atoms with E-state index in [1.807, 2.05) is 40.9 Å². The second-order valence-corrected chi connectivity index (χ2v) is 12.2. The van der Waals surface area contributed by atoms with Crippen LogP contribution in [0.15, 0.2) is 127 Å². The van der Waals surface area contributed by atoms with Crippen molar-refractivity contribution in [3.8, 4) is 39.4 Å². The quantitative estimate of drug-likeness (QED) is 0.217. The Kier molecular flexibility index (Phi) is 5.31. The fraction of sp³-hybridized carbons (Fsp3) is 0. The average molecular weight is 544 g/mol. The standard InChI is InChI=1S/C37H21NS2/c38-22-32-30(23-9-2-1-3-10-23)19-25(26-13-8-16-35-37(26)29-12-5-7-15-34(29)39-35)20-31(32)24-17-18-28-27-11-4-6-14-33(27)40-36(28)21-24/h1-21H. The van der Waals surface area contributed by atoms with Crippen LogP contribution in [0.1, 0.15) is 5.56 Å². The number of benzene rings is 6. The molecule has 2 heterocycles. The molecule has 0 unspecified atom stereocenters. The SMILES string of the molecule is N#Cc1c(-c2ccccc2)cc(-c2cccc3sc4ccccc4c23)cc1-c1ccc2c(c1)sc1ccccc12. The fourth-order valence-corrected chi connectivity index (χ4v) is 8.18. The van der Waals surface area contributed by atoms with Crippen molar-refractivity contribution in [2.45, 2.75) is 0 Å². The van der Waals surface area contributed by atoms with Crippen molar-refractivity contribution in [2.24, 2.45) is 0 Å². The van der Waals surface area contributed by atoms with E-state index < -0.39 is 0 Å². The Morgan fingerprint density at radius 2 is 1.05 bits per heavy atom. The summed E-state index contributed by atoms with van der Waals surface area (Å²) in [5, 5.41) is 15.6. The molecule has 0 saturated heterocycles. The molecule has 0 atom stereocenters. The minimum absolute atomic E-state index is 0.706. The van der Waals surface area contributed by atoms with Crippen molar-refractivity contribution >= 4 is 63.0 Å². The minimum atomic E-state index is 0.706. The van der Waals surface area contributed by atoms with Gasteiger partial charge in [0.25, 0.3) is 0 Å². The van der Waals surface area contributed by atoms with E-state index in [4.69, 9.17) is 0 Å². The van der Waals surface area contributed by atoms with Gasteiger partial charge in [0, 0.05) is 51.5 Å². The molecule has 2 aromatic heterocycles. The monoisotopic (exact) mass is 543 g/mol. The number of thiophene rings is 2. The lowest BCUT2D eigenvalue weighted by Gasteiger charge is -2.15. The van der Waals surface area contributed by atoms with E-state index in [2.05, 4.69) is 115 Å². The van der Waals surface area contributed by atoms with Gasteiger partial charge in [-0.25, -0.2) is 0 Å². The van der Waals surface area contributed by atoms with Gasteiger partial charge in [-0.15, -0.1) is 22.7 Å². The first-order valence-electron chi connectivity index (χ1n) is 13.2. The highest BCUT2D eigenvalue weighted by Crippen LogP contribution is 2.44. The summed E-state index contributed by atoms with van der Waals surface area (Å²) in [5.41, 5.74) is 7.07. The number of fused-ring (bicyclic) bond motifs is 6. The highest BCUT2D eigenvalue weighted by atomic mass is 32.1. The third-order valence-corrected chi connectivity index (χ3v) is 10.0. The van der Waals surface area contributed by atoms with Crippen LogP contribution in [0, 0.1) is 11.3 Å². The van der Waals surface area contributed by atoms with Gasteiger partial charge >= 0.3 is 0 Å². The summed E-state index contributed by atoms with van der Waals surface area (Å²) in [6.45, 7) is 0. The molecule has 0 saturated carbocycles. The molecule has 0 aliphatic heterocycles. The van der Waals surface area contributed by atoms with Crippen molar-refractivity contribution in [3.05, 3.63) is 133 Å². The molecular weight excluding hydrogens is 523 g/mol. The van der Waals surface area contributed by atoms with Gasteiger partial charge in [-0.05, 0) is 58.7 Å². The van der Waals surface area contributed by atoms with Crippen LogP contribution < -0.4 is 0 Å². The highest BCUT2D eigenvalue weighted by molar-refractivity contribution is 7.26. The zero-order valence-electron chi connectivity index (χ0n) is 21.4. The van der Waals surface area contributed by atoms with Crippen LogP contribution in [0.25, 0.3) is 73.7 Å². The van der Waals surface area contributed by atoms with Crippen molar-refractivity contribution in [3.63, 3.8) is 0 Å². The topological polar surface area (TPSA) is 23.8 Å². The summed E-state index contributed by atoms with van der Waals surface area (Å²) >= 11 is 3.64. The van der Waals surface area contributed by atoms with Crippen molar-refractivity contribution in [1.82, 2.24) is 0 Å². The molecule has 0 spiro atoms. The largest absolute Gasteiger partial charge is 0.192 e. The maximum absolute atomic E-state index is 10.5. The highest BCUT2D eigenvalue weighted by Gasteiger charge is 2.18. The van der Waals surface area contributed by atoms with Gasteiger partial charge in [-0.3, -0.25) is 0 Å². The summed E-state index contributed by atoms with van der Waals surface area (Å²) < 4.78 is 5.08. The molecule has 8 rings (SSSR count). The normalized spacial score (nSPS) is 11.5. The molecule has 0 radical (unpaired) electrons. The van der Waals surface area contributed by atoms with Crippen molar-refractivity contribution in [1.29, 1.82) is 5.26 Å². The van der Waals surface area contributed by atoms with Crippen LogP contribution in [-0.2, 0) is 0 Å². The third kappa shape index (κ3) is 3.58. The van der Waals surface area contributed by atoms with Gasteiger partial charge in [-0.1, -0.05) is 91.0 Å². The first-order chi connectivity index (χ1) is 19.8. The molecule has 0 bridgehead atoms. The summed E-state index contributed by atoms with van der Waals surface area (Å²) in [5.74, 6) is 0. The Morgan fingerprint density at radius 3 is 1.85 bits per heavy atom. The van der Waals surface area contributed by atoms with Crippen LogP contribution in [0.5, 0.6) is 0 Å². The molecule has 40 heavy (non-hydrogen) atoms. The van der Waals surface area contributed by atoms with Gasteiger partial charge in [0.15, 0.2) is 0 Å². The molecule has 8 aromatic rings. The zero-order valence-corrected chi connectivity index (χ0v) is 23.0. The predicted octanol–water partition coefficient (Wildman–Crippen LogP) is 11.3. The van der Waals surface area contributed by atoms with E-state index in [9.17, 15) is 5.26 Å². The summed E-state index contributed by atoms with van der Waals surface area (Å²) in [7, 11) is 0. The lowest BCUT2D eigenvalue weighted by molar-refractivity contribution is 1.47. The minimum Gasteiger partial charge on any atom is -0.192 e. The number of hydrogen-bond donors (Lipinski definition) is 0. The van der Waals surface area contributed by atoms with Crippen LogP contribution in [-0.4, -0.2) is 0 Å². The van der Waals surface area contributed by atoms with Crippen molar-refractivity contribution in [2.75, 3.05) is 0 Å². The Morgan fingerprint density at radius 1 is 0.425 bits per heavy atom. The van der Waals surface area contributed by atoms with Gasteiger partial charge in [0.05, 0.1) is 5.56 Å². The maximum atomic E-state index is 10.5. The van der Waals surface area contributed by atoms with E-state index in [1.54, 1.807) is 0 Å². The molecule has 3 heteroatoms. The van der Waals surface area contributed by atoms with Crippen LogP contribution >= 0.6 is 22.7 Å². The smallest absolute Gasteiger partial charge is 0.100 e. The number of hydrogen-bond acceptors (Lipinski definition) is 3. The molecule has 0 fully saturated rings. The zero-order chi connectivity index (χ0) is 26.6. The Labute approximate surface area is 239 Å². The summed E-state index contributed by atoms with van der Waals surface area (Å²) in [6.07, 6.45) is 0. The fourth-order valence-electron chi connectivity index (χ4n) is 5.90. The molecule has 0 N–H and O–H groups in total. The van der Waals surface area contributed by atoms with Crippen LogP contribution in [0.3, 0.4) is 0 Å². The maximum Gasteiger partial charge on any atom is 0.100 e. The van der Waals surface area contributed by atoms with Gasteiger partial charge in [0.2, 0.25) is 0 Å². The van der Waals surface area contributed by atoms with Crippen LogP contribution in [0.2, 0.25) is 0 Å². The molecular formula is C37H21NS2. The predicted molar refractivity (Wildman–Crippen MR) is 173 cm³/mol. The number of nitriles is 1.